The Morgan fingerprint density at radius 1 is 1.20 bits per heavy atom. The maximum atomic E-state index is 4.82. The summed E-state index contributed by atoms with van der Waals surface area (Å²) < 4.78 is 0. The molecular weight excluding hydrogens is 204 g/mol. The molecule has 0 aliphatic carbocycles. The van der Waals surface area contributed by atoms with Crippen molar-refractivity contribution < 1.29 is 0 Å². The van der Waals surface area contributed by atoms with E-state index < -0.39 is 0 Å². The van der Waals surface area contributed by atoms with Crippen LogP contribution in [0.25, 0.3) is 0 Å². The fourth-order valence-corrected chi connectivity index (χ4v) is 3.21. The minimum atomic E-state index is 0.392. The van der Waals surface area contributed by atoms with Crippen LogP contribution in [-0.2, 0) is 0 Å². The molecule has 2 aliphatic rings. The Labute approximate surface area is 94.4 Å². The number of hydrogen-bond donors (Lipinski definition) is 0. The van der Waals surface area contributed by atoms with Crippen LogP contribution >= 0.6 is 11.8 Å². The lowest BCUT2D eigenvalue weighted by atomic mass is 10.0. The normalized spacial score (nSPS) is 24.9. The second-order valence-corrected chi connectivity index (χ2v) is 5.02. The number of benzene rings is 1. The number of fused-ring (bicyclic) bond motifs is 1. The average Bonchev–Trinajstić information content (AvgIpc) is 2.77. The van der Waals surface area contributed by atoms with Gasteiger partial charge >= 0.3 is 0 Å². The molecule has 2 heterocycles. The monoisotopic (exact) mass is 218 g/mol. The Morgan fingerprint density at radius 2 is 2.07 bits per heavy atom. The van der Waals surface area contributed by atoms with E-state index in [0.717, 1.165) is 6.42 Å². The zero-order valence-corrected chi connectivity index (χ0v) is 9.41. The van der Waals surface area contributed by atoms with Crippen molar-refractivity contribution in [1.29, 1.82) is 0 Å². The topological polar surface area (TPSA) is 15.6 Å². The Kier molecular flexibility index (Phi) is 2.41. The molecule has 0 unspecified atom stereocenters. The van der Waals surface area contributed by atoms with Crippen LogP contribution in [0.15, 0.2) is 35.3 Å². The highest BCUT2D eigenvalue weighted by molar-refractivity contribution is 8.14. The molecule has 0 radical (unpaired) electrons. The van der Waals surface area contributed by atoms with Crippen molar-refractivity contribution in [2.75, 3.05) is 18.8 Å². The first-order valence-corrected chi connectivity index (χ1v) is 6.42. The van der Waals surface area contributed by atoms with Crippen LogP contribution in [0.5, 0.6) is 0 Å². The van der Waals surface area contributed by atoms with Crippen LogP contribution in [0, 0.1) is 0 Å². The molecule has 0 spiro atoms. The van der Waals surface area contributed by atoms with Gasteiger partial charge in [0.1, 0.15) is 0 Å². The van der Waals surface area contributed by atoms with Crippen molar-refractivity contribution in [2.45, 2.75) is 12.5 Å². The Bertz CT molecular complexity index is 374. The summed E-state index contributed by atoms with van der Waals surface area (Å²) in [6.07, 6.45) is 1.16. The van der Waals surface area contributed by atoms with Gasteiger partial charge in [-0.2, -0.15) is 0 Å². The second-order valence-electron chi connectivity index (χ2n) is 3.96. The molecule has 0 aromatic heterocycles. The van der Waals surface area contributed by atoms with E-state index in [-0.39, 0.29) is 0 Å². The number of hydrogen-bond acceptors (Lipinski definition) is 3. The van der Waals surface area contributed by atoms with Crippen LogP contribution in [0.1, 0.15) is 18.0 Å². The van der Waals surface area contributed by atoms with Gasteiger partial charge in [-0.1, -0.05) is 42.1 Å². The zero-order valence-electron chi connectivity index (χ0n) is 8.60. The molecule has 2 nitrogen and oxygen atoms in total. The number of thioether (sulfide) groups is 1. The highest BCUT2D eigenvalue weighted by Gasteiger charge is 2.26. The van der Waals surface area contributed by atoms with Crippen molar-refractivity contribution >= 4 is 16.9 Å². The maximum Gasteiger partial charge on any atom is 0.159 e. The molecule has 0 bridgehead atoms. The highest BCUT2D eigenvalue weighted by atomic mass is 32.2. The van der Waals surface area contributed by atoms with Gasteiger partial charge in [0.05, 0.1) is 6.04 Å². The van der Waals surface area contributed by atoms with E-state index in [0.29, 0.717) is 6.04 Å². The number of nitrogens with zero attached hydrogens (tertiary/aromatic N) is 2. The van der Waals surface area contributed by atoms with Gasteiger partial charge in [-0.3, -0.25) is 4.99 Å². The molecule has 1 atom stereocenters. The predicted octanol–water partition coefficient (Wildman–Crippen LogP) is 2.54. The quantitative estimate of drug-likeness (QED) is 0.720. The number of aliphatic imine (C=N–C) groups is 1. The van der Waals surface area contributed by atoms with Gasteiger partial charge in [-0.15, -0.1) is 0 Å². The minimum Gasteiger partial charge on any atom is -0.351 e. The standard InChI is InChI=1S/C12H14N2S/c1-2-4-10(5-3-1)11-6-7-14-8-9-15-12(14)13-11/h1-5,11H,6-9H2/t11-/m0/s1. The smallest absolute Gasteiger partial charge is 0.159 e. The van der Waals surface area contributed by atoms with Crippen LogP contribution in [0.4, 0.5) is 0 Å². The van der Waals surface area contributed by atoms with Gasteiger partial charge < -0.3 is 4.90 Å². The Balaban J connectivity index is 1.87. The largest absolute Gasteiger partial charge is 0.351 e. The highest BCUT2D eigenvalue weighted by Crippen LogP contribution is 2.31. The second kappa shape index (κ2) is 3.89. The van der Waals surface area contributed by atoms with E-state index in [1.807, 2.05) is 11.8 Å². The summed E-state index contributed by atoms with van der Waals surface area (Å²) in [5.41, 5.74) is 1.36. The molecule has 1 fully saturated rings. The zero-order chi connectivity index (χ0) is 10.1. The molecule has 15 heavy (non-hydrogen) atoms. The molecule has 1 aromatic rings. The third-order valence-electron chi connectivity index (χ3n) is 2.99. The maximum absolute atomic E-state index is 4.82. The molecule has 2 aliphatic heterocycles. The predicted molar refractivity (Wildman–Crippen MR) is 65.3 cm³/mol. The molecule has 0 saturated carbocycles. The first-order chi connectivity index (χ1) is 7.43. The lowest BCUT2D eigenvalue weighted by Gasteiger charge is -2.27. The van der Waals surface area contributed by atoms with Crippen molar-refractivity contribution in [3.63, 3.8) is 0 Å². The summed E-state index contributed by atoms with van der Waals surface area (Å²) in [5.74, 6) is 1.21. The fraction of sp³-hybridized carbons (Fsp3) is 0.417. The van der Waals surface area contributed by atoms with E-state index in [1.54, 1.807) is 0 Å². The van der Waals surface area contributed by atoms with E-state index >= 15 is 0 Å². The number of rotatable bonds is 1. The molecule has 0 amide bonds. The molecule has 1 saturated heterocycles. The van der Waals surface area contributed by atoms with Gasteiger partial charge in [0, 0.05) is 18.8 Å². The van der Waals surface area contributed by atoms with Gasteiger partial charge in [0.25, 0.3) is 0 Å². The Hall–Kier alpha value is -0.960. The first-order valence-electron chi connectivity index (χ1n) is 5.44. The van der Waals surface area contributed by atoms with Crippen LogP contribution in [-0.4, -0.2) is 28.9 Å². The third kappa shape index (κ3) is 1.76. The summed E-state index contributed by atoms with van der Waals surface area (Å²) in [6, 6.07) is 11.0. The molecule has 78 valence electrons. The van der Waals surface area contributed by atoms with Crippen LogP contribution in [0.2, 0.25) is 0 Å². The molecule has 3 heteroatoms. The van der Waals surface area contributed by atoms with Crippen LogP contribution in [0.3, 0.4) is 0 Å². The summed E-state index contributed by atoms with van der Waals surface area (Å²) >= 11 is 1.90. The lowest BCUT2D eigenvalue weighted by molar-refractivity contribution is 0.399. The molecular formula is C12H14N2S. The van der Waals surface area contributed by atoms with Crippen molar-refractivity contribution in [3.05, 3.63) is 35.9 Å². The van der Waals surface area contributed by atoms with E-state index in [2.05, 4.69) is 35.2 Å². The van der Waals surface area contributed by atoms with E-state index in [4.69, 9.17) is 4.99 Å². The summed E-state index contributed by atoms with van der Waals surface area (Å²) in [4.78, 5) is 7.23. The van der Waals surface area contributed by atoms with Gasteiger partial charge in [0.15, 0.2) is 5.17 Å². The molecule has 3 rings (SSSR count). The summed E-state index contributed by atoms with van der Waals surface area (Å²) in [6.45, 7) is 2.36. The third-order valence-corrected chi connectivity index (χ3v) is 3.99. The molecule has 1 aromatic carbocycles. The Morgan fingerprint density at radius 3 is 2.93 bits per heavy atom. The SMILES string of the molecule is c1ccc([C@@H]2CCN3CCSC3=N2)cc1. The van der Waals surface area contributed by atoms with E-state index in [1.165, 1.54) is 29.6 Å². The van der Waals surface area contributed by atoms with Gasteiger partial charge in [-0.05, 0) is 12.0 Å². The lowest BCUT2D eigenvalue weighted by Crippen LogP contribution is -2.30. The summed E-state index contributed by atoms with van der Waals surface area (Å²) in [5, 5.41) is 1.26. The van der Waals surface area contributed by atoms with Crippen LogP contribution < -0.4 is 0 Å². The van der Waals surface area contributed by atoms with Crippen molar-refractivity contribution in [2.24, 2.45) is 4.99 Å². The van der Waals surface area contributed by atoms with Crippen molar-refractivity contribution in [3.8, 4) is 0 Å². The van der Waals surface area contributed by atoms with E-state index in [9.17, 15) is 0 Å². The fourth-order valence-electron chi connectivity index (χ4n) is 2.15. The van der Waals surface area contributed by atoms with Gasteiger partial charge in [0.2, 0.25) is 0 Å². The summed E-state index contributed by atoms with van der Waals surface area (Å²) in [7, 11) is 0. The van der Waals surface area contributed by atoms with Gasteiger partial charge in [-0.25, -0.2) is 0 Å². The van der Waals surface area contributed by atoms with Crippen molar-refractivity contribution in [1.82, 2.24) is 4.90 Å². The number of amidine groups is 1. The minimum absolute atomic E-state index is 0.392. The molecule has 0 N–H and O–H groups in total. The average molecular weight is 218 g/mol. The first kappa shape index (κ1) is 9.28.